The second-order valence-electron chi connectivity index (χ2n) is 5.60. The first-order chi connectivity index (χ1) is 10.9. The number of sulfonamides is 1. The highest BCUT2D eigenvalue weighted by molar-refractivity contribution is 7.89. The van der Waals surface area contributed by atoms with Gasteiger partial charge < -0.3 is 5.32 Å². The van der Waals surface area contributed by atoms with Gasteiger partial charge in [0.05, 0.1) is 10.9 Å². The first kappa shape index (κ1) is 16.2. The lowest BCUT2D eigenvalue weighted by Gasteiger charge is -2.29. The normalized spacial score (nSPS) is 15.7. The van der Waals surface area contributed by atoms with Crippen LogP contribution in [0.1, 0.15) is 30.9 Å². The number of anilines is 2. The monoisotopic (exact) mass is 354 g/mol. The van der Waals surface area contributed by atoms with Crippen molar-refractivity contribution >= 4 is 32.5 Å². The SMILES string of the molecule is Cc1nsc(Nc2ncnc3c2CN(S(=O)(=O)C(C)C)CC3)n1. The molecule has 0 atom stereocenters. The van der Waals surface area contributed by atoms with E-state index >= 15 is 0 Å². The minimum atomic E-state index is -3.30. The van der Waals surface area contributed by atoms with Gasteiger partial charge in [0.15, 0.2) is 0 Å². The average Bonchev–Trinajstić information content (AvgIpc) is 2.92. The van der Waals surface area contributed by atoms with Gasteiger partial charge in [-0.25, -0.2) is 23.4 Å². The van der Waals surface area contributed by atoms with Crippen LogP contribution in [-0.2, 0) is 23.0 Å². The van der Waals surface area contributed by atoms with Gasteiger partial charge in [-0.2, -0.15) is 8.68 Å². The predicted molar refractivity (Wildman–Crippen MR) is 88.1 cm³/mol. The molecular weight excluding hydrogens is 336 g/mol. The fraction of sp³-hybridized carbons (Fsp3) is 0.538. The van der Waals surface area contributed by atoms with Crippen molar-refractivity contribution in [1.82, 2.24) is 23.6 Å². The van der Waals surface area contributed by atoms with Gasteiger partial charge in [-0.1, -0.05) is 0 Å². The molecule has 0 bridgehead atoms. The lowest BCUT2D eigenvalue weighted by molar-refractivity contribution is 0.383. The summed E-state index contributed by atoms with van der Waals surface area (Å²) in [4.78, 5) is 12.8. The lowest BCUT2D eigenvalue weighted by atomic mass is 10.1. The highest BCUT2D eigenvalue weighted by Crippen LogP contribution is 2.28. The van der Waals surface area contributed by atoms with Crippen molar-refractivity contribution in [2.75, 3.05) is 11.9 Å². The average molecular weight is 354 g/mol. The van der Waals surface area contributed by atoms with Crippen LogP contribution < -0.4 is 5.32 Å². The highest BCUT2D eigenvalue weighted by atomic mass is 32.2. The summed E-state index contributed by atoms with van der Waals surface area (Å²) < 4.78 is 30.4. The van der Waals surface area contributed by atoms with Gasteiger partial charge in [0.2, 0.25) is 15.2 Å². The van der Waals surface area contributed by atoms with Gasteiger partial charge in [-0.05, 0) is 20.8 Å². The maximum Gasteiger partial charge on any atom is 0.216 e. The number of hydrogen-bond donors (Lipinski definition) is 1. The summed E-state index contributed by atoms with van der Waals surface area (Å²) in [6.07, 6.45) is 2.06. The molecule has 2 aromatic heterocycles. The van der Waals surface area contributed by atoms with Gasteiger partial charge in [0, 0.05) is 36.6 Å². The Kier molecular flexibility index (Phi) is 4.30. The Hall–Kier alpha value is -1.65. The molecule has 0 saturated carbocycles. The van der Waals surface area contributed by atoms with Crippen molar-refractivity contribution in [1.29, 1.82) is 0 Å². The number of nitrogens with zero attached hydrogens (tertiary/aromatic N) is 5. The number of hydrogen-bond acceptors (Lipinski definition) is 8. The third-order valence-corrected chi connectivity index (χ3v) is 6.62. The molecule has 124 valence electrons. The molecule has 8 nitrogen and oxygen atoms in total. The minimum Gasteiger partial charge on any atom is -0.315 e. The van der Waals surface area contributed by atoms with E-state index in [4.69, 9.17) is 0 Å². The lowest BCUT2D eigenvalue weighted by Crippen LogP contribution is -2.40. The van der Waals surface area contributed by atoms with Crippen LogP contribution >= 0.6 is 11.5 Å². The zero-order valence-electron chi connectivity index (χ0n) is 13.1. The molecule has 0 unspecified atom stereocenters. The van der Waals surface area contributed by atoms with Crippen LogP contribution in [0.3, 0.4) is 0 Å². The van der Waals surface area contributed by atoms with Crippen LogP contribution in [0.4, 0.5) is 10.9 Å². The van der Waals surface area contributed by atoms with Crippen molar-refractivity contribution in [3.63, 3.8) is 0 Å². The Morgan fingerprint density at radius 3 is 2.78 bits per heavy atom. The smallest absolute Gasteiger partial charge is 0.216 e. The van der Waals surface area contributed by atoms with Crippen LogP contribution in [0.25, 0.3) is 0 Å². The summed E-state index contributed by atoms with van der Waals surface area (Å²) in [6, 6.07) is 0. The Bertz CT molecular complexity index is 818. The molecule has 1 aliphatic rings. The predicted octanol–water partition coefficient (Wildman–Crippen LogP) is 1.48. The summed E-state index contributed by atoms with van der Waals surface area (Å²) in [5.74, 6) is 1.28. The second-order valence-corrected chi connectivity index (χ2v) is 8.84. The molecule has 2 aromatic rings. The quantitative estimate of drug-likeness (QED) is 0.887. The summed E-state index contributed by atoms with van der Waals surface area (Å²) in [7, 11) is -3.30. The van der Waals surface area contributed by atoms with E-state index in [2.05, 4.69) is 24.6 Å². The van der Waals surface area contributed by atoms with Gasteiger partial charge in [-0.15, -0.1) is 0 Å². The molecule has 0 amide bonds. The van der Waals surface area contributed by atoms with Gasteiger partial charge >= 0.3 is 0 Å². The third-order valence-electron chi connectivity index (χ3n) is 3.68. The van der Waals surface area contributed by atoms with Crippen LogP contribution in [0, 0.1) is 6.92 Å². The van der Waals surface area contributed by atoms with E-state index < -0.39 is 15.3 Å². The molecular formula is C13H18N6O2S2. The largest absolute Gasteiger partial charge is 0.315 e. The van der Waals surface area contributed by atoms with Gasteiger partial charge in [0.1, 0.15) is 18.0 Å². The van der Waals surface area contributed by atoms with E-state index in [1.54, 1.807) is 13.8 Å². The van der Waals surface area contributed by atoms with E-state index in [1.165, 1.54) is 22.2 Å². The van der Waals surface area contributed by atoms with Crippen LogP contribution in [0.15, 0.2) is 6.33 Å². The standard InChI is InChI=1S/C13H18N6O2S2/c1-8(2)23(20,21)19-5-4-11-10(6-19)12(15-7-14-11)17-13-16-9(3)18-22-13/h7-8H,4-6H2,1-3H3,(H,14,15,16,17,18). The first-order valence-corrected chi connectivity index (χ1v) is 9.54. The molecule has 10 heteroatoms. The van der Waals surface area contributed by atoms with E-state index in [9.17, 15) is 8.42 Å². The van der Waals surface area contributed by atoms with E-state index in [1.807, 2.05) is 6.92 Å². The number of rotatable bonds is 4. The summed E-state index contributed by atoms with van der Waals surface area (Å²) in [5, 5.41) is 3.31. The van der Waals surface area contributed by atoms with Gasteiger partial charge in [-0.3, -0.25) is 0 Å². The van der Waals surface area contributed by atoms with Crippen LogP contribution in [0.2, 0.25) is 0 Å². The minimum absolute atomic E-state index is 0.275. The Morgan fingerprint density at radius 2 is 2.13 bits per heavy atom. The highest BCUT2D eigenvalue weighted by Gasteiger charge is 2.31. The van der Waals surface area contributed by atoms with Crippen molar-refractivity contribution in [2.45, 2.75) is 39.0 Å². The van der Waals surface area contributed by atoms with E-state index in [0.29, 0.717) is 29.7 Å². The van der Waals surface area contributed by atoms with Crippen molar-refractivity contribution in [3.05, 3.63) is 23.4 Å². The summed E-state index contributed by atoms with van der Waals surface area (Å²) in [6.45, 7) is 5.91. The topological polar surface area (TPSA) is 101 Å². The summed E-state index contributed by atoms with van der Waals surface area (Å²) >= 11 is 1.24. The molecule has 3 rings (SSSR count). The molecule has 0 spiro atoms. The molecule has 0 aliphatic carbocycles. The van der Waals surface area contributed by atoms with Crippen molar-refractivity contribution in [2.24, 2.45) is 0 Å². The number of nitrogens with one attached hydrogen (secondary N) is 1. The fourth-order valence-corrected chi connectivity index (χ4v) is 4.21. The third kappa shape index (κ3) is 3.19. The number of aryl methyl sites for hydroxylation is 1. The fourth-order valence-electron chi connectivity index (χ4n) is 2.39. The Morgan fingerprint density at radius 1 is 1.35 bits per heavy atom. The molecule has 0 aromatic carbocycles. The van der Waals surface area contributed by atoms with Gasteiger partial charge in [0.25, 0.3) is 0 Å². The molecule has 1 aliphatic heterocycles. The number of aromatic nitrogens is 4. The zero-order valence-corrected chi connectivity index (χ0v) is 14.8. The summed E-state index contributed by atoms with van der Waals surface area (Å²) in [5.41, 5.74) is 1.68. The first-order valence-electron chi connectivity index (χ1n) is 7.27. The van der Waals surface area contributed by atoms with Crippen molar-refractivity contribution < 1.29 is 8.42 Å². The number of fused-ring (bicyclic) bond motifs is 1. The van der Waals surface area contributed by atoms with Crippen LogP contribution in [0.5, 0.6) is 0 Å². The molecule has 0 saturated heterocycles. The molecule has 3 heterocycles. The Labute approximate surface area is 139 Å². The molecule has 0 radical (unpaired) electrons. The Balaban J connectivity index is 1.92. The molecule has 23 heavy (non-hydrogen) atoms. The maximum absolute atomic E-state index is 12.4. The van der Waals surface area contributed by atoms with Crippen molar-refractivity contribution in [3.8, 4) is 0 Å². The second kappa shape index (κ2) is 6.10. The molecule has 1 N–H and O–H groups in total. The van der Waals surface area contributed by atoms with E-state index in [0.717, 1.165) is 11.3 Å². The van der Waals surface area contributed by atoms with E-state index in [-0.39, 0.29) is 6.54 Å². The zero-order chi connectivity index (χ0) is 16.6. The molecule has 0 fully saturated rings. The maximum atomic E-state index is 12.4. The van der Waals surface area contributed by atoms with Crippen LogP contribution in [-0.4, -0.2) is 43.8 Å².